The summed E-state index contributed by atoms with van der Waals surface area (Å²) in [5.41, 5.74) is 2.40. The van der Waals surface area contributed by atoms with E-state index in [0.29, 0.717) is 12.1 Å². The molecule has 2 aromatic rings. The molecule has 5 heteroatoms. The predicted octanol–water partition coefficient (Wildman–Crippen LogP) is 2.57. The van der Waals surface area contributed by atoms with E-state index in [4.69, 9.17) is 16.0 Å². The highest BCUT2D eigenvalue weighted by atomic mass is 35.5. The van der Waals surface area contributed by atoms with Gasteiger partial charge in [-0.1, -0.05) is 0 Å². The van der Waals surface area contributed by atoms with E-state index in [9.17, 15) is 4.79 Å². The summed E-state index contributed by atoms with van der Waals surface area (Å²) < 4.78 is 4.85. The molecule has 1 amide bonds. The summed E-state index contributed by atoms with van der Waals surface area (Å²) in [5, 5.41) is 2.86. The molecule has 0 saturated heterocycles. The summed E-state index contributed by atoms with van der Waals surface area (Å²) in [6.07, 6.45) is 4.83. The van der Waals surface area contributed by atoms with Crippen molar-refractivity contribution in [1.29, 1.82) is 0 Å². The van der Waals surface area contributed by atoms with E-state index in [0.717, 1.165) is 11.1 Å². The number of rotatable bonds is 3. The van der Waals surface area contributed by atoms with Crippen LogP contribution in [0.25, 0.3) is 0 Å². The lowest BCUT2D eigenvalue weighted by Gasteiger charge is -2.06. The maximum Gasteiger partial charge on any atom is 0.256 e. The van der Waals surface area contributed by atoms with Crippen LogP contribution < -0.4 is 5.32 Å². The van der Waals surface area contributed by atoms with Crippen molar-refractivity contribution in [1.82, 2.24) is 10.3 Å². The van der Waals surface area contributed by atoms with Crippen LogP contribution in [0, 0.1) is 6.92 Å². The Kier molecular flexibility index (Phi) is 3.44. The van der Waals surface area contributed by atoms with Crippen LogP contribution >= 0.6 is 11.6 Å². The van der Waals surface area contributed by atoms with E-state index in [1.54, 1.807) is 12.4 Å². The number of furan rings is 1. The summed E-state index contributed by atoms with van der Waals surface area (Å²) in [7, 11) is 0. The molecule has 0 aliphatic carbocycles. The highest BCUT2D eigenvalue weighted by Gasteiger charge is 2.12. The third-order valence-electron chi connectivity index (χ3n) is 2.45. The highest BCUT2D eigenvalue weighted by Crippen LogP contribution is 2.16. The zero-order chi connectivity index (χ0) is 12.3. The monoisotopic (exact) mass is 250 g/mol. The number of halogens is 1. The van der Waals surface area contributed by atoms with Gasteiger partial charge in [-0.2, -0.15) is 0 Å². The second-order valence-electron chi connectivity index (χ2n) is 3.59. The van der Waals surface area contributed by atoms with Crippen LogP contribution in [0.15, 0.2) is 35.2 Å². The van der Waals surface area contributed by atoms with Crippen molar-refractivity contribution in [3.63, 3.8) is 0 Å². The average Bonchev–Trinajstić information content (AvgIpc) is 2.74. The molecule has 0 aliphatic heterocycles. The Bertz CT molecular complexity index is 537. The quantitative estimate of drug-likeness (QED) is 0.911. The van der Waals surface area contributed by atoms with Gasteiger partial charge in [0.1, 0.15) is 0 Å². The highest BCUT2D eigenvalue weighted by molar-refractivity contribution is 6.32. The van der Waals surface area contributed by atoms with Crippen molar-refractivity contribution >= 4 is 17.5 Å². The van der Waals surface area contributed by atoms with Crippen molar-refractivity contribution in [2.45, 2.75) is 13.5 Å². The van der Waals surface area contributed by atoms with Gasteiger partial charge >= 0.3 is 0 Å². The molecule has 2 heterocycles. The van der Waals surface area contributed by atoms with Crippen molar-refractivity contribution in [2.75, 3.05) is 0 Å². The first kappa shape index (κ1) is 11.7. The van der Waals surface area contributed by atoms with Gasteiger partial charge in [0.05, 0.1) is 11.8 Å². The van der Waals surface area contributed by atoms with Gasteiger partial charge in [0, 0.05) is 18.9 Å². The second-order valence-corrected chi connectivity index (χ2v) is 3.94. The minimum absolute atomic E-state index is 0.102. The fourth-order valence-electron chi connectivity index (χ4n) is 1.41. The molecule has 0 aliphatic rings. The third-order valence-corrected chi connectivity index (χ3v) is 2.74. The first-order valence-corrected chi connectivity index (χ1v) is 5.47. The number of carbonyl (C=O) groups excluding carboxylic acids is 1. The van der Waals surface area contributed by atoms with E-state index >= 15 is 0 Å². The van der Waals surface area contributed by atoms with E-state index in [1.807, 2.05) is 13.0 Å². The van der Waals surface area contributed by atoms with E-state index in [-0.39, 0.29) is 11.1 Å². The fourth-order valence-corrected chi connectivity index (χ4v) is 1.61. The SMILES string of the molecule is Cc1ccncc1CNC(=O)c1ccoc1Cl. The maximum absolute atomic E-state index is 11.7. The lowest BCUT2D eigenvalue weighted by atomic mass is 10.1. The molecule has 1 N–H and O–H groups in total. The van der Waals surface area contributed by atoms with Crippen molar-refractivity contribution in [2.24, 2.45) is 0 Å². The minimum Gasteiger partial charge on any atom is -0.452 e. The molecule has 2 rings (SSSR count). The molecule has 4 nitrogen and oxygen atoms in total. The van der Waals surface area contributed by atoms with Crippen LogP contribution in [-0.4, -0.2) is 10.9 Å². The van der Waals surface area contributed by atoms with E-state index in [1.165, 1.54) is 12.3 Å². The smallest absolute Gasteiger partial charge is 0.256 e. The van der Waals surface area contributed by atoms with Crippen molar-refractivity contribution in [3.8, 4) is 0 Å². The summed E-state index contributed by atoms with van der Waals surface area (Å²) in [6, 6.07) is 3.43. The van der Waals surface area contributed by atoms with Crippen molar-refractivity contribution < 1.29 is 9.21 Å². The Hall–Kier alpha value is -1.81. The summed E-state index contributed by atoms with van der Waals surface area (Å²) >= 11 is 5.71. The first-order chi connectivity index (χ1) is 8.18. The number of hydrogen-bond donors (Lipinski definition) is 1. The molecule has 0 unspecified atom stereocenters. The Labute approximate surface area is 104 Å². The average molecular weight is 251 g/mol. The van der Waals surface area contributed by atoms with Crippen LogP contribution in [0.3, 0.4) is 0 Å². The molecular weight excluding hydrogens is 240 g/mol. The Balaban J connectivity index is 2.02. The number of hydrogen-bond acceptors (Lipinski definition) is 3. The van der Waals surface area contributed by atoms with Gasteiger partial charge < -0.3 is 9.73 Å². The van der Waals surface area contributed by atoms with E-state index in [2.05, 4.69) is 10.3 Å². The number of amides is 1. The molecule has 0 aromatic carbocycles. The Morgan fingerprint density at radius 2 is 2.35 bits per heavy atom. The van der Waals surface area contributed by atoms with Crippen molar-refractivity contribution in [3.05, 3.63) is 52.7 Å². The van der Waals surface area contributed by atoms with Crippen LogP contribution in [0.1, 0.15) is 21.5 Å². The topological polar surface area (TPSA) is 55.1 Å². The van der Waals surface area contributed by atoms with E-state index < -0.39 is 0 Å². The van der Waals surface area contributed by atoms with Gasteiger partial charge in [-0.25, -0.2) is 0 Å². The first-order valence-electron chi connectivity index (χ1n) is 5.09. The lowest BCUT2D eigenvalue weighted by molar-refractivity contribution is 0.0950. The van der Waals surface area contributed by atoms with Crippen LogP contribution in [-0.2, 0) is 6.54 Å². The molecule has 0 radical (unpaired) electrons. The Morgan fingerprint density at radius 3 is 3.00 bits per heavy atom. The van der Waals surface area contributed by atoms with Crippen LogP contribution in [0.4, 0.5) is 0 Å². The molecule has 0 fully saturated rings. The van der Waals surface area contributed by atoms with Gasteiger partial charge in [-0.3, -0.25) is 9.78 Å². The zero-order valence-electron chi connectivity index (χ0n) is 9.24. The summed E-state index contributed by atoms with van der Waals surface area (Å²) in [6.45, 7) is 2.38. The molecule has 0 spiro atoms. The number of aryl methyl sites for hydroxylation is 1. The summed E-state index contributed by atoms with van der Waals surface area (Å²) in [4.78, 5) is 15.7. The molecule has 17 heavy (non-hydrogen) atoms. The standard InChI is InChI=1S/C12H11ClN2O2/c1-8-2-4-14-6-9(8)7-15-12(16)10-3-5-17-11(10)13/h2-6H,7H2,1H3,(H,15,16). The number of carbonyl (C=O) groups is 1. The fraction of sp³-hybridized carbons (Fsp3) is 0.167. The molecule has 88 valence electrons. The van der Waals surface area contributed by atoms with Gasteiger partial charge in [-0.15, -0.1) is 0 Å². The molecule has 0 atom stereocenters. The van der Waals surface area contributed by atoms with Crippen LogP contribution in [0.2, 0.25) is 5.22 Å². The largest absolute Gasteiger partial charge is 0.452 e. The van der Waals surface area contributed by atoms with Gasteiger partial charge in [0.15, 0.2) is 0 Å². The zero-order valence-corrected chi connectivity index (χ0v) is 9.99. The molecule has 0 bridgehead atoms. The van der Waals surface area contributed by atoms with Crippen LogP contribution in [0.5, 0.6) is 0 Å². The number of nitrogens with one attached hydrogen (secondary N) is 1. The second kappa shape index (κ2) is 5.01. The molecular formula is C12H11ClN2O2. The molecule has 0 saturated carbocycles. The van der Waals surface area contributed by atoms with Gasteiger partial charge in [0.2, 0.25) is 5.22 Å². The predicted molar refractivity (Wildman–Crippen MR) is 63.9 cm³/mol. The molecule has 2 aromatic heterocycles. The third kappa shape index (κ3) is 2.65. The number of nitrogens with zero attached hydrogens (tertiary/aromatic N) is 1. The normalized spacial score (nSPS) is 10.2. The maximum atomic E-state index is 11.7. The lowest BCUT2D eigenvalue weighted by Crippen LogP contribution is -2.23. The number of pyridine rings is 1. The summed E-state index contributed by atoms with van der Waals surface area (Å²) in [5.74, 6) is -0.257. The number of aromatic nitrogens is 1. The minimum atomic E-state index is -0.257. The van der Waals surface area contributed by atoms with Gasteiger partial charge in [-0.05, 0) is 41.8 Å². The van der Waals surface area contributed by atoms with Gasteiger partial charge in [0.25, 0.3) is 5.91 Å². The Morgan fingerprint density at radius 1 is 1.53 bits per heavy atom.